The predicted molar refractivity (Wildman–Crippen MR) is 65.0 cm³/mol. The van der Waals surface area contributed by atoms with Crippen molar-refractivity contribution in [2.75, 3.05) is 7.05 Å². The van der Waals surface area contributed by atoms with Gasteiger partial charge in [0.1, 0.15) is 0 Å². The minimum absolute atomic E-state index is 0.720. The van der Waals surface area contributed by atoms with Gasteiger partial charge in [0.15, 0.2) is 0 Å². The number of aryl methyl sites for hydroxylation is 1. The highest BCUT2D eigenvalue weighted by Gasteiger charge is 2.01. The summed E-state index contributed by atoms with van der Waals surface area (Å²) >= 11 is 1.80. The van der Waals surface area contributed by atoms with Crippen LogP contribution in [-0.2, 0) is 6.42 Å². The molecule has 1 unspecified atom stereocenters. The van der Waals surface area contributed by atoms with Crippen LogP contribution in [0.3, 0.4) is 0 Å². The van der Waals surface area contributed by atoms with Crippen molar-refractivity contribution in [3.8, 4) is 0 Å². The van der Waals surface area contributed by atoms with Crippen molar-refractivity contribution >= 4 is 11.3 Å². The first kappa shape index (κ1) is 11.7. The highest BCUT2D eigenvalue weighted by molar-refractivity contribution is 7.07. The number of unbranched alkanes of at least 4 members (excludes halogenated alkanes) is 1. The topological polar surface area (TPSA) is 12.0 Å². The van der Waals surface area contributed by atoms with E-state index in [0.29, 0.717) is 0 Å². The Morgan fingerprint density at radius 3 is 2.86 bits per heavy atom. The van der Waals surface area contributed by atoms with E-state index in [-0.39, 0.29) is 0 Å². The molecule has 0 aliphatic rings. The Labute approximate surface area is 91.5 Å². The van der Waals surface area contributed by atoms with Crippen LogP contribution in [0.2, 0.25) is 0 Å². The van der Waals surface area contributed by atoms with E-state index in [1.54, 1.807) is 11.3 Å². The quantitative estimate of drug-likeness (QED) is 0.681. The van der Waals surface area contributed by atoms with Crippen LogP contribution in [0, 0.1) is 0 Å². The van der Waals surface area contributed by atoms with E-state index in [9.17, 15) is 0 Å². The molecule has 2 heteroatoms. The summed E-state index contributed by atoms with van der Waals surface area (Å²) < 4.78 is 0. The van der Waals surface area contributed by atoms with Crippen molar-refractivity contribution in [3.05, 3.63) is 22.4 Å². The molecule has 1 aromatic heterocycles. The van der Waals surface area contributed by atoms with Crippen LogP contribution in [0.4, 0.5) is 0 Å². The maximum Gasteiger partial charge on any atom is 0.00614 e. The summed E-state index contributed by atoms with van der Waals surface area (Å²) in [5.74, 6) is 0. The summed E-state index contributed by atoms with van der Waals surface area (Å²) in [6.45, 7) is 2.25. The fraction of sp³-hybridized carbons (Fsp3) is 0.667. The number of hydrogen-bond acceptors (Lipinski definition) is 2. The molecular formula is C12H21NS. The van der Waals surface area contributed by atoms with Crippen molar-refractivity contribution in [2.24, 2.45) is 0 Å². The molecule has 1 aromatic rings. The maximum atomic E-state index is 3.35. The van der Waals surface area contributed by atoms with Crippen molar-refractivity contribution in [1.29, 1.82) is 0 Å². The van der Waals surface area contributed by atoms with Gasteiger partial charge < -0.3 is 5.32 Å². The molecule has 1 rings (SSSR count). The van der Waals surface area contributed by atoms with Gasteiger partial charge in [-0.15, -0.1) is 0 Å². The van der Waals surface area contributed by atoms with Crippen molar-refractivity contribution in [1.82, 2.24) is 5.32 Å². The summed E-state index contributed by atoms with van der Waals surface area (Å²) in [4.78, 5) is 0. The van der Waals surface area contributed by atoms with Crippen LogP contribution in [0.15, 0.2) is 16.8 Å². The second-order valence-electron chi connectivity index (χ2n) is 3.77. The Morgan fingerprint density at radius 2 is 2.29 bits per heavy atom. The number of thiophene rings is 1. The van der Waals surface area contributed by atoms with Gasteiger partial charge in [-0.1, -0.05) is 13.3 Å². The molecule has 1 N–H and O–H groups in total. The molecule has 1 nitrogen and oxygen atoms in total. The molecular weight excluding hydrogens is 190 g/mol. The molecule has 0 amide bonds. The molecule has 0 aliphatic heterocycles. The smallest absolute Gasteiger partial charge is 0.00614 e. The van der Waals surface area contributed by atoms with Crippen molar-refractivity contribution in [3.63, 3.8) is 0 Å². The van der Waals surface area contributed by atoms with Gasteiger partial charge in [-0.3, -0.25) is 0 Å². The first-order chi connectivity index (χ1) is 6.86. The van der Waals surface area contributed by atoms with E-state index in [2.05, 4.69) is 36.1 Å². The minimum Gasteiger partial charge on any atom is -0.317 e. The molecule has 0 spiro atoms. The van der Waals surface area contributed by atoms with Crippen LogP contribution < -0.4 is 5.32 Å². The second-order valence-corrected chi connectivity index (χ2v) is 4.55. The molecule has 0 saturated heterocycles. The number of rotatable bonds is 7. The van der Waals surface area contributed by atoms with E-state index < -0.39 is 0 Å². The van der Waals surface area contributed by atoms with Gasteiger partial charge in [-0.25, -0.2) is 0 Å². The predicted octanol–water partition coefficient (Wildman–Crippen LogP) is 3.46. The molecule has 0 aromatic carbocycles. The zero-order valence-electron chi connectivity index (χ0n) is 9.25. The summed E-state index contributed by atoms with van der Waals surface area (Å²) in [7, 11) is 2.06. The van der Waals surface area contributed by atoms with Gasteiger partial charge in [0.25, 0.3) is 0 Å². The Hall–Kier alpha value is -0.340. The average molecular weight is 211 g/mol. The average Bonchev–Trinajstić information content (AvgIpc) is 2.71. The molecule has 1 atom stereocenters. The van der Waals surface area contributed by atoms with E-state index in [1.165, 1.54) is 37.7 Å². The first-order valence-electron chi connectivity index (χ1n) is 5.55. The molecule has 1 heterocycles. The Kier molecular flexibility index (Phi) is 5.88. The molecule has 0 bridgehead atoms. The lowest BCUT2D eigenvalue weighted by molar-refractivity contribution is 0.482. The van der Waals surface area contributed by atoms with Gasteiger partial charge in [-0.2, -0.15) is 11.3 Å². The van der Waals surface area contributed by atoms with Crippen molar-refractivity contribution in [2.45, 2.75) is 45.1 Å². The zero-order valence-corrected chi connectivity index (χ0v) is 10.1. The van der Waals surface area contributed by atoms with Crippen LogP contribution >= 0.6 is 11.3 Å². The molecule has 0 saturated carbocycles. The van der Waals surface area contributed by atoms with Gasteiger partial charge in [0.2, 0.25) is 0 Å². The highest BCUT2D eigenvalue weighted by atomic mass is 32.1. The monoisotopic (exact) mass is 211 g/mol. The molecule has 0 aliphatic carbocycles. The Morgan fingerprint density at radius 1 is 1.43 bits per heavy atom. The summed E-state index contributed by atoms with van der Waals surface area (Å²) in [5.41, 5.74) is 1.51. The van der Waals surface area contributed by atoms with Gasteiger partial charge in [0, 0.05) is 6.04 Å². The fourth-order valence-electron chi connectivity index (χ4n) is 1.71. The van der Waals surface area contributed by atoms with Gasteiger partial charge >= 0.3 is 0 Å². The fourth-order valence-corrected chi connectivity index (χ4v) is 2.41. The Balaban J connectivity index is 2.04. The van der Waals surface area contributed by atoms with Gasteiger partial charge in [0.05, 0.1) is 0 Å². The summed E-state index contributed by atoms with van der Waals surface area (Å²) in [6.07, 6.45) is 6.49. The SMILES string of the molecule is CCC(CCCCc1ccsc1)NC. The molecule has 14 heavy (non-hydrogen) atoms. The van der Waals surface area contributed by atoms with Crippen LogP contribution in [-0.4, -0.2) is 13.1 Å². The third-order valence-corrected chi connectivity index (χ3v) is 3.48. The van der Waals surface area contributed by atoms with E-state index in [4.69, 9.17) is 0 Å². The number of hydrogen-bond donors (Lipinski definition) is 1. The van der Waals surface area contributed by atoms with Crippen LogP contribution in [0.5, 0.6) is 0 Å². The minimum atomic E-state index is 0.720. The maximum absolute atomic E-state index is 3.35. The molecule has 80 valence electrons. The highest BCUT2D eigenvalue weighted by Crippen LogP contribution is 2.11. The van der Waals surface area contributed by atoms with E-state index in [0.717, 1.165) is 6.04 Å². The van der Waals surface area contributed by atoms with E-state index >= 15 is 0 Å². The molecule has 0 fully saturated rings. The third kappa shape index (κ3) is 4.25. The second kappa shape index (κ2) is 7.02. The standard InChI is InChI=1S/C12H21NS/c1-3-12(13-2)7-5-4-6-11-8-9-14-10-11/h8-10,12-13H,3-7H2,1-2H3. The first-order valence-corrected chi connectivity index (χ1v) is 6.49. The van der Waals surface area contributed by atoms with E-state index in [1.807, 2.05) is 0 Å². The molecule has 0 radical (unpaired) electrons. The normalized spacial score (nSPS) is 13.0. The van der Waals surface area contributed by atoms with Crippen molar-refractivity contribution < 1.29 is 0 Å². The summed E-state index contributed by atoms with van der Waals surface area (Å²) in [5, 5.41) is 7.77. The summed E-state index contributed by atoms with van der Waals surface area (Å²) in [6, 6.07) is 2.96. The lowest BCUT2D eigenvalue weighted by Gasteiger charge is -2.12. The third-order valence-electron chi connectivity index (χ3n) is 2.75. The van der Waals surface area contributed by atoms with Crippen LogP contribution in [0.1, 0.15) is 38.2 Å². The zero-order chi connectivity index (χ0) is 10.2. The van der Waals surface area contributed by atoms with Gasteiger partial charge in [-0.05, 0) is 55.1 Å². The lowest BCUT2D eigenvalue weighted by atomic mass is 10.0. The Bertz CT molecular complexity index is 214. The number of nitrogens with one attached hydrogen (secondary N) is 1. The lowest BCUT2D eigenvalue weighted by Crippen LogP contribution is -2.23. The van der Waals surface area contributed by atoms with Crippen LogP contribution in [0.25, 0.3) is 0 Å². The largest absolute Gasteiger partial charge is 0.317 e.